The first kappa shape index (κ1) is 11.5. The molecule has 0 aliphatic rings. The molecular formula is C12H16N2O. The van der Waals surface area contributed by atoms with Crippen molar-refractivity contribution < 1.29 is 4.74 Å². The van der Waals surface area contributed by atoms with Crippen LogP contribution in [0.2, 0.25) is 0 Å². The summed E-state index contributed by atoms with van der Waals surface area (Å²) in [5.41, 5.74) is 0.791. The highest BCUT2D eigenvalue weighted by Gasteiger charge is 2.11. The summed E-state index contributed by atoms with van der Waals surface area (Å²) >= 11 is 0. The first-order valence-corrected chi connectivity index (χ1v) is 4.79. The molecule has 1 rings (SSSR count). The minimum absolute atomic E-state index is 0.292. The van der Waals surface area contributed by atoms with Gasteiger partial charge >= 0.3 is 0 Å². The van der Waals surface area contributed by atoms with Crippen LogP contribution in [0.25, 0.3) is 0 Å². The summed E-state index contributed by atoms with van der Waals surface area (Å²) in [7, 11) is 1.60. The van der Waals surface area contributed by atoms with Crippen molar-refractivity contribution in [2.75, 3.05) is 7.11 Å². The number of terminal acetylenes is 1. The SMILES string of the molecule is C#CC(C)(C)NCc1ccc(OC)nc1. The molecule has 0 aliphatic carbocycles. The third-order valence-corrected chi connectivity index (χ3v) is 2.10. The molecule has 0 spiro atoms. The van der Waals surface area contributed by atoms with Crippen LogP contribution < -0.4 is 10.1 Å². The smallest absolute Gasteiger partial charge is 0.212 e. The van der Waals surface area contributed by atoms with E-state index in [1.54, 1.807) is 13.3 Å². The van der Waals surface area contributed by atoms with E-state index in [1.165, 1.54) is 0 Å². The number of pyridine rings is 1. The molecule has 1 N–H and O–H groups in total. The first-order valence-electron chi connectivity index (χ1n) is 4.79. The van der Waals surface area contributed by atoms with E-state index >= 15 is 0 Å². The topological polar surface area (TPSA) is 34.1 Å². The highest BCUT2D eigenvalue weighted by atomic mass is 16.5. The van der Waals surface area contributed by atoms with Crippen LogP contribution in [0.5, 0.6) is 5.88 Å². The Morgan fingerprint density at radius 1 is 1.53 bits per heavy atom. The lowest BCUT2D eigenvalue weighted by molar-refractivity contribution is 0.397. The highest BCUT2D eigenvalue weighted by Crippen LogP contribution is 2.08. The molecule has 0 bridgehead atoms. The lowest BCUT2D eigenvalue weighted by Gasteiger charge is -2.19. The Balaban J connectivity index is 2.56. The Morgan fingerprint density at radius 2 is 2.27 bits per heavy atom. The van der Waals surface area contributed by atoms with Gasteiger partial charge in [-0.1, -0.05) is 12.0 Å². The second-order valence-corrected chi connectivity index (χ2v) is 3.83. The molecule has 1 aromatic heterocycles. The molecular weight excluding hydrogens is 188 g/mol. The number of ether oxygens (including phenoxy) is 1. The van der Waals surface area contributed by atoms with Crippen molar-refractivity contribution in [3.8, 4) is 18.2 Å². The van der Waals surface area contributed by atoms with E-state index in [0.717, 1.165) is 5.56 Å². The van der Waals surface area contributed by atoms with E-state index in [-0.39, 0.29) is 5.54 Å². The standard InChI is InChI=1S/C12H16N2O/c1-5-12(2,3)14-9-10-6-7-11(15-4)13-8-10/h1,6-8,14H,9H2,2-4H3. The van der Waals surface area contributed by atoms with Crippen LogP contribution in [0.15, 0.2) is 18.3 Å². The Labute approximate surface area is 90.9 Å². The largest absolute Gasteiger partial charge is 0.481 e. The van der Waals surface area contributed by atoms with E-state index in [0.29, 0.717) is 12.4 Å². The second-order valence-electron chi connectivity index (χ2n) is 3.83. The number of hydrogen-bond donors (Lipinski definition) is 1. The second kappa shape index (κ2) is 4.81. The summed E-state index contributed by atoms with van der Waals surface area (Å²) < 4.78 is 4.97. The van der Waals surface area contributed by atoms with E-state index in [1.807, 2.05) is 26.0 Å². The van der Waals surface area contributed by atoms with E-state index in [2.05, 4.69) is 16.2 Å². The Morgan fingerprint density at radius 3 is 2.73 bits per heavy atom. The monoisotopic (exact) mass is 204 g/mol. The van der Waals surface area contributed by atoms with Crippen molar-refractivity contribution in [1.82, 2.24) is 10.3 Å². The fraction of sp³-hybridized carbons (Fsp3) is 0.417. The summed E-state index contributed by atoms with van der Waals surface area (Å²) in [6.45, 7) is 4.63. The van der Waals surface area contributed by atoms with Gasteiger partial charge in [-0.2, -0.15) is 0 Å². The fourth-order valence-electron chi connectivity index (χ4n) is 1.01. The molecule has 0 saturated carbocycles. The van der Waals surface area contributed by atoms with Gasteiger partial charge in [-0.15, -0.1) is 6.42 Å². The Hall–Kier alpha value is -1.53. The van der Waals surface area contributed by atoms with Crippen LogP contribution in [-0.4, -0.2) is 17.6 Å². The number of hydrogen-bond acceptors (Lipinski definition) is 3. The molecule has 0 saturated heterocycles. The molecule has 3 nitrogen and oxygen atoms in total. The third kappa shape index (κ3) is 3.61. The number of aromatic nitrogens is 1. The third-order valence-electron chi connectivity index (χ3n) is 2.10. The van der Waals surface area contributed by atoms with Gasteiger partial charge < -0.3 is 4.74 Å². The van der Waals surface area contributed by atoms with E-state index in [9.17, 15) is 0 Å². The van der Waals surface area contributed by atoms with Crippen molar-refractivity contribution in [1.29, 1.82) is 0 Å². The number of rotatable bonds is 4. The molecule has 0 amide bonds. The summed E-state index contributed by atoms with van der Waals surface area (Å²) in [5, 5.41) is 3.25. The Bertz CT molecular complexity index is 349. The molecule has 0 aliphatic heterocycles. The van der Waals surface area contributed by atoms with Crippen molar-refractivity contribution in [3.05, 3.63) is 23.9 Å². The zero-order valence-electron chi connectivity index (χ0n) is 9.37. The van der Waals surface area contributed by atoms with Gasteiger partial charge in [-0.25, -0.2) is 4.98 Å². The molecule has 0 fully saturated rings. The maximum atomic E-state index is 5.37. The zero-order valence-corrected chi connectivity index (χ0v) is 9.37. The van der Waals surface area contributed by atoms with Crippen molar-refractivity contribution >= 4 is 0 Å². The maximum Gasteiger partial charge on any atom is 0.212 e. The van der Waals surface area contributed by atoms with Gasteiger partial charge in [0.05, 0.1) is 12.6 Å². The van der Waals surface area contributed by atoms with Gasteiger partial charge in [0.15, 0.2) is 0 Å². The lowest BCUT2D eigenvalue weighted by Crippen LogP contribution is -2.36. The molecule has 15 heavy (non-hydrogen) atoms. The molecule has 1 heterocycles. The van der Waals surface area contributed by atoms with Crippen molar-refractivity contribution in [2.45, 2.75) is 25.9 Å². The van der Waals surface area contributed by atoms with Gasteiger partial charge in [0.2, 0.25) is 5.88 Å². The molecule has 0 atom stereocenters. The zero-order chi connectivity index (χ0) is 11.3. The summed E-state index contributed by atoms with van der Waals surface area (Å²) in [6, 6.07) is 3.80. The lowest BCUT2D eigenvalue weighted by atomic mass is 10.1. The molecule has 0 radical (unpaired) electrons. The van der Waals surface area contributed by atoms with E-state index in [4.69, 9.17) is 11.2 Å². The quantitative estimate of drug-likeness (QED) is 0.756. The number of nitrogens with zero attached hydrogens (tertiary/aromatic N) is 1. The van der Waals surface area contributed by atoms with Crippen LogP contribution in [0.4, 0.5) is 0 Å². The van der Waals surface area contributed by atoms with Gasteiger partial charge in [-0.05, 0) is 19.4 Å². The molecule has 0 unspecified atom stereocenters. The normalized spacial score (nSPS) is 10.8. The van der Waals surface area contributed by atoms with Crippen LogP contribution in [0, 0.1) is 12.3 Å². The van der Waals surface area contributed by atoms with E-state index < -0.39 is 0 Å². The summed E-state index contributed by atoms with van der Waals surface area (Å²) in [5.74, 6) is 3.30. The molecule has 80 valence electrons. The fourth-order valence-corrected chi connectivity index (χ4v) is 1.01. The maximum absolute atomic E-state index is 5.37. The molecule has 0 aromatic carbocycles. The van der Waals surface area contributed by atoms with Crippen LogP contribution in [0.3, 0.4) is 0 Å². The average molecular weight is 204 g/mol. The predicted molar refractivity (Wildman–Crippen MR) is 60.5 cm³/mol. The van der Waals surface area contributed by atoms with Crippen molar-refractivity contribution in [2.24, 2.45) is 0 Å². The summed E-state index contributed by atoms with van der Waals surface area (Å²) in [4.78, 5) is 4.11. The van der Waals surface area contributed by atoms with Gasteiger partial charge in [-0.3, -0.25) is 5.32 Å². The van der Waals surface area contributed by atoms with Gasteiger partial charge in [0.1, 0.15) is 0 Å². The minimum Gasteiger partial charge on any atom is -0.481 e. The molecule has 3 heteroatoms. The highest BCUT2D eigenvalue weighted by molar-refractivity contribution is 5.18. The van der Waals surface area contributed by atoms with Crippen LogP contribution in [0.1, 0.15) is 19.4 Å². The van der Waals surface area contributed by atoms with Gasteiger partial charge in [0.25, 0.3) is 0 Å². The summed E-state index contributed by atoms with van der Waals surface area (Å²) in [6.07, 6.45) is 7.14. The average Bonchev–Trinajstić information content (AvgIpc) is 2.27. The predicted octanol–water partition coefficient (Wildman–Crippen LogP) is 1.59. The number of methoxy groups -OCH3 is 1. The van der Waals surface area contributed by atoms with Crippen molar-refractivity contribution in [3.63, 3.8) is 0 Å². The van der Waals surface area contributed by atoms with Crippen LogP contribution >= 0.6 is 0 Å². The minimum atomic E-state index is -0.292. The number of nitrogens with one attached hydrogen (secondary N) is 1. The van der Waals surface area contributed by atoms with Crippen LogP contribution in [-0.2, 0) is 6.54 Å². The molecule has 1 aromatic rings. The van der Waals surface area contributed by atoms with Gasteiger partial charge in [0, 0.05) is 18.8 Å². The Kier molecular flexibility index (Phi) is 3.70. The first-order chi connectivity index (χ1) is 7.07.